The van der Waals surface area contributed by atoms with Crippen LogP contribution in [0.15, 0.2) is 164 Å². The van der Waals surface area contributed by atoms with Crippen LogP contribution in [0.4, 0.5) is 17.1 Å². The number of nitrogens with zero attached hydrogens (tertiary/aromatic N) is 1. The van der Waals surface area contributed by atoms with Crippen molar-refractivity contribution in [2.75, 3.05) is 4.90 Å². The predicted octanol–water partition coefficient (Wildman–Crippen LogP) is 12.0. The maximum absolute atomic E-state index is 2.40. The summed E-state index contributed by atoms with van der Waals surface area (Å²) in [6, 6.07) is 59.0. The monoisotopic (exact) mass is 553 g/mol. The van der Waals surface area contributed by atoms with Gasteiger partial charge in [0.2, 0.25) is 0 Å². The number of anilines is 3. The van der Waals surface area contributed by atoms with Crippen LogP contribution in [0.3, 0.4) is 0 Å². The van der Waals surface area contributed by atoms with Crippen LogP contribution in [-0.4, -0.2) is 0 Å². The Labute approximate surface area is 249 Å². The van der Waals surface area contributed by atoms with E-state index >= 15 is 0 Å². The molecule has 42 heavy (non-hydrogen) atoms. The Kier molecular flexibility index (Phi) is 6.05. The Hall–Kier alpha value is -5.18. The summed E-state index contributed by atoms with van der Waals surface area (Å²) < 4.78 is 2.61. The second kappa shape index (κ2) is 10.3. The van der Waals surface area contributed by atoms with Crippen molar-refractivity contribution in [2.24, 2.45) is 0 Å². The third-order valence-corrected chi connectivity index (χ3v) is 9.26. The standard InChI is InChI=1S/C40H27NS/c1-3-12-28(13-4-1)33-17-9-10-18-34(33)30-22-25-32(26-23-30)41(31-15-5-2-6-16-31)37-21-11-20-36-39-35-19-8-7-14-29(35)24-27-38(39)42-40(36)37/h1-27H. The van der Waals surface area contributed by atoms with Crippen LogP contribution in [0.25, 0.3) is 53.2 Å². The first-order chi connectivity index (χ1) is 20.8. The third-order valence-electron chi connectivity index (χ3n) is 8.07. The molecule has 8 aromatic rings. The molecule has 0 aliphatic rings. The average Bonchev–Trinajstić information content (AvgIpc) is 3.46. The van der Waals surface area contributed by atoms with E-state index in [1.54, 1.807) is 0 Å². The molecule has 0 N–H and O–H groups in total. The molecule has 0 aliphatic carbocycles. The molecular formula is C40H27NS. The van der Waals surface area contributed by atoms with E-state index in [-0.39, 0.29) is 0 Å². The molecular weight excluding hydrogens is 527 g/mol. The number of fused-ring (bicyclic) bond motifs is 5. The third kappa shape index (κ3) is 4.16. The molecule has 1 heterocycles. The highest BCUT2D eigenvalue weighted by Crippen LogP contribution is 2.46. The van der Waals surface area contributed by atoms with Crippen molar-refractivity contribution in [3.8, 4) is 22.3 Å². The quantitative estimate of drug-likeness (QED) is 0.205. The van der Waals surface area contributed by atoms with E-state index in [2.05, 4.69) is 169 Å². The van der Waals surface area contributed by atoms with Crippen molar-refractivity contribution in [1.29, 1.82) is 0 Å². The van der Waals surface area contributed by atoms with Gasteiger partial charge >= 0.3 is 0 Å². The first-order valence-electron chi connectivity index (χ1n) is 14.3. The van der Waals surface area contributed by atoms with Crippen LogP contribution < -0.4 is 4.90 Å². The lowest BCUT2D eigenvalue weighted by Crippen LogP contribution is -2.09. The van der Waals surface area contributed by atoms with Crippen LogP contribution in [0.5, 0.6) is 0 Å². The van der Waals surface area contributed by atoms with Crippen molar-refractivity contribution >= 4 is 59.3 Å². The van der Waals surface area contributed by atoms with Crippen molar-refractivity contribution in [1.82, 2.24) is 0 Å². The topological polar surface area (TPSA) is 3.24 Å². The lowest BCUT2D eigenvalue weighted by Gasteiger charge is -2.26. The van der Waals surface area contributed by atoms with Gasteiger partial charge < -0.3 is 4.90 Å². The minimum Gasteiger partial charge on any atom is -0.309 e. The molecule has 0 radical (unpaired) electrons. The van der Waals surface area contributed by atoms with Crippen molar-refractivity contribution in [3.63, 3.8) is 0 Å². The fourth-order valence-corrected chi connectivity index (χ4v) is 7.35. The average molecular weight is 554 g/mol. The summed E-state index contributed by atoms with van der Waals surface area (Å²) in [5.41, 5.74) is 8.39. The number of hydrogen-bond acceptors (Lipinski definition) is 2. The Balaban J connectivity index is 1.29. The molecule has 0 saturated carbocycles. The molecule has 0 bridgehead atoms. The largest absolute Gasteiger partial charge is 0.309 e. The highest BCUT2D eigenvalue weighted by atomic mass is 32.1. The van der Waals surface area contributed by atoms with E-state index < -0.39 is 0 Å². The summed E-state index contributed by atoms with van der Waals surface area (Å²) in [4.78, 5) is 2.40. The Bertz CT molecular complexity index is 2180. The van der Waals surface area contributed by atoms with Gasteiger partial charge in [-0.25, -0.2) is 0 Å². The molecule has 1 nitrogen and oxygen atoms in total. The molecule has 0 aliphatic heterocycles. The van der Waals surface area contributed by atoms with E-state index in [1.165, 1.54) is 58.9 Å². The van der Waals surface area contributed by atoms with Gasteiger partial charge in [0.05, 0.1) is 10.4 Å². The zero-order chi connectivity index (χ0) is 27.9. The zero-order valence-electron chi connectivity index (χ0n) is 22.9. The Morgan fingerprint density at radius 2 is 1.00 bits per heavy atom. The van der Waals surface area contributed by atoms with Gasteiger partial charge in [0, 0.05) is 26.8 Å². The van der Waals surface area contributed by atoms with Gasteiger partial charge in [0.1, 0.15) is 0 Å². The highest BCUT2D eigenvalue weighted by Gasteiger charge is 2.19. The maximum atomic E-state index is 2.40. The fraction of sp³-hybridized carbons (Fsp3) is 0. The van der Waals surface area contributed by atoms with Crippen molar-refractivity contribution in [2.45, 2.75) is 0 Å². The van der Waals surface area contributed by atoms with Crippen LogP contribution >= 0.6 is 11.3 Å². The highest BCUT2D eigenvalue weighted by molar-refractivity contribution is 7.26. The van der Waals surface area contributed by atoms with E-state index in [9.17, 15) is 0 Å². The van der Waals surface area contributed by atoms with Gasteiger partial charge in [-0.3, -0.25) is 0 Å². The first-order valence-corrected chi connectivity index (χ1v) is 15.1. The fourth-order valence-electron chi connectivity index (χ4n) is 6.13. The first kappa shape index (κ1) is 24.6. The van der Waals surface area contributed by atoms with Crippen LogP contribution in [0.2, 0.25) is 0 Å². The molecule has 0 fully saturated rings. The molecule has 1 aromatic heterocycles. The molecule has 7 aromatic carbocycles. The molecule has 0 amide bonds. The second-order valence-corrected chi connectivity index (χ2v) is 11.6. The molecule has 0 saturated heterocycles. The minimum absolute atomic E-state index is 1.14. The maximum Gasteiger partial charge on any atom is 0.0640 e. The Morgan fingerprint density at radius 3 is 1.76 bits per heavy atom. The molecule has 0 unspecified atom stereocenters. The SMILES string of the molecule is c1ccc(-c2ccccc2-c2ccc(N(c3ccccc3)c3cccc4c3sc3ccc5ccccc5c34)cc2)cc1. The summed E-state index contributed by atoms with van der Waals surface area (Å²) in [6.07, 6.45) is 0. The number of benzene rings is 7. The lowest BCUT2D eigenvalue weighted by atomic mass is 9.94. The number of hydrogen-bond donors (Lipinski definition) is 0. The lowest BCUT2D eigenvalue weighted by molar-refractivity contribution is 1.30. The summed E-state index contributed by atoms with van der Waals surface area (Å²) in [5, 5.41) is 5.24. The summed E-state index contributed by atoms with van der Waals surface area (Å²) in [5.74, 6) is 0. The van der Waals surface area contributed by atoms with Crippen LogP contribution in [0, 0.1) is 0 Å². The van der Waals surface area contributed by atoms with Gasteiger partial charge in [-0.2, -0.15) is 0 Å². The molecule has 198 valence electrons. The van der Waals surface area contributed by atoms with Gasteiger partial charge in [0.25, 0.3) is 0 Å². The van der Waals surface area contributed by atoms with E-state index in [4.69, 9.17) is 0 Å². The van der Waals surface area contributed by atoms with Crippen molar-refractivity contribution < 1.29 is 0 Å². The number of rotatable bonds is 5. The molecule has 0 spiro atoms. The summed E-state index contributed by atoms with van der Waals surface area (Å²) in [6.45, 7) is 0. The van der Waals surface area contributed by atoms with Gasteiger partial charge in [-0.15, -0.1) is 11.3 Å². The van der Waals surface area contributed by atoms with Gasteiger partial charge in [-0.1, -0.05) is 127 Å². The summed E-state index contributed by atoms with van der Waals surface area (Å²) in [7, 11) is 0. The summed E-state index contributed by atoms with van der Waals surface area (Å²) >= 11 is 1.88. The molecule has 0 atom stereocenters. The molecule has 2 heteroatoms. The number of para-hydroxylation sites is 1. The number of thiophene rings is 1. The predicted molar refractivity (Wildman–Crippen MR) is 182 cm³/mol. The van der Waals surface area contributed by atoms with E-state index in [1.807, 2.05) is 11.3 Å². The van der Waals surface area contributed by atoms with E-state index in [0.717, 1.165) is 11.4 Å². The normalized spacial score (nSPS) is 11.3. The van der Waals surface area contributed by atoms with Gasteiger partial charge in [-0.05, 0) is 69.4 Å². The minimum atomic E-state index is 1.14. The van der Waals surface area contributed by atoms with Crippen LogP contribution in [0.1, 0.15) is 0 Å². The zero-order valence-corrected chi connectivity index (χ0v) is 23.8. The van der Waals surface area contributed by atoms with Crippen LogP contribution in [-0.2, 0) is 0 Å². The molecule has 8 rings (SSSR count). The van der Waals surface area contributed by atoms with E-state index in [0.29, 0.717) is 0 Å². The second-order valence-electron chi connectivity index (χ2n) is 10.5. The smallest absolute Gasteiger partial charge is 0.0640 e. The Morgan fingerprint density at radius 1 is 0.405 bits per heavy atom. The van der Waals surface area contributed by atoms with Gasteiger partial charge in [0.15, 0.2) is 0 Å². The van der Waals surface area contributed by atoms with Crippen molar-refractivity contribution in [3.05, 3.63) is 164 Å².